The Hall–Kier alpha value is -9.63. The van der Waals surface area contributed by atoms with Crippen molar-refractivity contribution in [1.29, 1.82) is 0 Å². The number of amides is 5. The topological polar surface area (TPSA) is 258 Å². The molecule has 0 saturated carbocycles. The maximum Gasteiger partial charge on any atom is 0.416 e. The molecule has 3 fully saturated rings. The summed E-state index contributed by atoms with van der Waals surface area (Å²) in [6.45, 7) is 3.51. The van der Waals surface area contributed by atoms with Gasteiger partial charge < -0.3 is 40.8 Å². The number of halogens is 9. The Balaban J connectivity index is 0.000000135. The van der Waals surface area contributed by atoms with E-state index in [1.807, 2.05) is 35.8 Å². The predicted octanol–water partition coefficient (Wildman–Crippen LogP) is 10.8. The minimum absolute atomic E-state index is 0.00623. The van der Waals surface area contributed by atoms with Crippen molar-refractivity contribution in [2.24, 2.45) is 0 Å². The highest BCUT2D eigenvalue weighted by atomic mass is 32.2. The van der Waals surface area contributed by atoms with Gasteiger partial charge in [-0.3, -0.25) is 38.5 Å². The second-order valence-electron chi connectivity index (χ2n) is 26.7. The van der Waals surface area contributed by atoms with E-state index in [9.17, 15) is 75.5 Å². The molecule has 0 radical (unpaired) electrons. The highest BCUT2D eigenvalue weighted by Crippen LogP contribution is 2.50. The number of hydrogen-bond acceptors (Lipinski definition) is 14. The molecular formula is C69H65F9N10O11S2. The predicted molar refractivity (Wildman–Crippen MR) is 358 cm³/mol. The van der Waals surface area contributed by atoms with Gasteiger partial charge in [0.2, 0.25) is 37.8 Å². The number of carbonyl (C=O) groups is 4. The highest BCUT2D eigenvalue weighted by molar-refractivity contribution is 7.93. The number of sulfonamides is 2. The van der Waals surface area contributed by atoms with E-state index >= 15 is 0 Å². The Kier molecular flexibility index (Phi) is 17.8. The van der Waals surface area contributed by atoms with E-state index in [-0.39, 0.29) is 47.8 Å². The number of likely N-dealkylation sites (tertiary alicyclic amines) is 3. The second-order valence-corrected chi connectivity index (χ2v) is 30.4. The van der Waals surface area contributed by atoms with E-state index in [4.69, 9.17) is 14.2 Å². The van der Waals surface area contributed by atoms with Crippen molar-refractivity contribution in [2.75, 3.05) is 103 Å². The lowest BCUT2D eigenvalue weighted by Crippen LogP contribution is -2.64. The van der Waals surface area contributed by atoms with E-state index in [1.54, 1.807) is 54.6 Å². The monoisotopic (exact) mass is 1440 g/mol. The van der Waals surface area contributed by atoms with Crippen molar-refractivity contribution in [3.63, 3.8) is 0 Å². The molecule has 0 aromatic heterocycles. The summed E-state index contributed by atoms with van der Waals surface area (Å²) >= 11 is 0. The largest absolute Gasteiger partial charge is 0.484 e. The van der Waals surface area contributed by atoms with Gasteiger partial charge >= 0.3 is 24.6 Å². The molecule has 3 spiro atoms. The van der Waals surface area contributed by atoms with Crippen LogP contribution in [0.1, 0.15) is 69.3 Å². The number of likely N-dealkylation sites (N-methyl/N-ethyl adjacent to an activating group) is 3. The van der Waals surface area contributed by atoms with Crippen LogP contribution in [0.5, 0.6) is 17.2 Å². The number of fused-ring (bicyclic) bond motifs is 6. The maximum atomic E-state index is 13.3. The zero-order chi connectivity index (χ0) is 72.0. The van der Waals surface area contributed by atoms with Gasteiger partial charge in [-0.2, -0.15) is 39.5 Å². The Morgan fingerprint density at radius 3 is 1.31 bits per heavy atom. The molecule has 6 aromatic rings. The third kappa shape index (κ3) is 15.2. The Labute approximate surface area is 573 Å². The van der Waals surface area contributed by atoms with Crippen LogP contribution in [0.25, 0.3) is 16.7 Å². The first-order valence-electron chi connectivity index (χ1n) is 31.7. The lowest BCUT2D eigenvalue weighted by atomic mass is 9.81. The quantitative estimate of drug-likeness (QED) is 0.0605. The van der Waals surface area contributed by atoms with Gasteiger partial charge in [0.05, 0.1) is 39.6 Å². The third-order valence-electron chi connectivity index (χ3n) is 18.5. The van der Waals surface area contributed by atoms with Crippen molar-refractivity contribution in [2.45, 2.75) is 74.0 Å². The number of alkyl halides is 9. The van der Waals surface area contributed by atoms with Crippen molar-refractivity contribution in [1.82, 2.24) is 20.0 Å². The van der Waals surface area contributed by atoms with E-state index < -0.39 is 89.8 Å². The van der Waals surface area contributed by atoms with Gasteiger partial charge in [-0.05, 0) is 129 Å². The fraction of sp³-hybridized carbons (Fsp3) is 0.333. The molecule has 9 aliphatic rings. The van der Waals surface area contributed by atoms with Gasteiger partial charge in [0.15, 0.2) is 0 Å². The second kappa shape index (κ2) is 25.8. The normalized spacial score (nSPS) is 21.1. The summed E-state index contributed by atoms with van der Waals surface area (Å²) in [5, 5.41) is 13.7. The SMILES string of the molecule is CN1CC2(C/C(=C\C(=O)Nc3ccc4c(c3)NS(=O)(=O)CC4)c3ccc(C(F)(F)F)cc3O2)C1.CN1CC2(C/C(=C\C(=O)Nc3cccc4c3CCS(=O)(=O)N4)c3ccc(C(F)(F)F)cc3O2)C1.CN1CC2(C/C(=C\C(=O)Nc3cccc4c3CNC(=O)N4)c3ccc(C(F)(F)F)cc3O2)C1. The van der Waals surface area contributed by atoms with Gasteiger partial charge in [-0.1, -0.05) is 36.4 Å². The van der Waals surface area contributed by atoms with Gasteiger partial charge in [0.1, 0.15) is 34.1 Å². The standard InChI is InChI=1S/C23H21F3N4O3.2C23H22F3N3O4S/c1-30-11-22(12-30)9-13(15-6-5-14(23(24,25)26)8-19(15)33-22)7-20(31)28-17-3-2-4-18-16(17)10-27-21(32)29-18;1-29-12-22(13-29)11-15(18-5-3-16(23(24,25)26)9-20(18)33-22)8-21(30)27-17-4-2-14-6-7-34(31,32)28-19(14)10-17;1-29-12-22(13-29)11-14(16-6-5-15(23(24,25)26)10-20(16)33-22)9-21(30)27-18-3-2-4-19-17(18)7-8-34(31,32)28-19/h2-8H,9-12H2,1H3,(H,28,31)(H2,27,29,32);2-5,8-10,28H,6-7,11-13H2,1H3,(H,27,30);2-6,9-10,28H,7-8,11-13H2,1H3,(H,27,30)/b13-7+;15-8+;14-9+. The summed E-state index contributed by atoms with van der Waals surface area (Å²) in [5.74, 6) is -1.06. The molecule has 0 bridgehead atoms. The van der Waals surface area contributed by atoms with Crippen LogP contribution in [0, 0.1) is 0 Å². The number of anilines is 6. The minimum atomic E-state index is -4.51. The van der Waals surface area contributed by atoms with E-state index in [2.05, 4.69) is 36.0 Å². The molecule has 0 unspecified atom stereocenters. The lowest BCUT2D eigenvalue weighted by Gasteiger charge is -2.51. The van der Waals surface area contributed by atoms with Gasteiger partial charge in [0, 0.05) is 134 Å². The summed E-state index contributed by atoms with van der Waals surface area (Å²) in [7, 11) is -1.12. The average molecular weight is 1450 g/mol. The Morgan fingerprint density at radius 1 is 0.485 bits per heavy atom. The zero-order valence-electron chi connectivity index (χ0n) is 54.1. The van der Waals surface area contributed by atoms with Crippen LogP contribution in [-0.4, -0.2) is 144 Å². The Morgan fingerprint density at radius 2 is 0.881 bits per heavy atom. The minimum Gasteiger partial charge on any atom is -0.484 e. The van der Waals surface area contributed by atoms with Crippen molar-refractivity contribution in [3.05, 3.63) is 177 Å². The summed E-state index contributed by atoms with van der Waals surface area (Å²) in [5.41, 5.74) is 3.88. The molecule has 3 saturated heterocycles. The van der Waals surface area contributed by atoms with Gasteiger partial charge in [0.25, 0.3) is 0 Å². The number of aryl methyl sites for hydroxylation is 1. The summed E-state index contributed by atoms with van der Waals surface area (Å²) in [4.78, 5) is 56.2. The van der Waals surface area contributed by atoms with E-state index in [0.29, 0.717) is 138 Å². The first-order chi connectivity index (χ1) is 47.5. The molecule has 6 aromatic carbocycles. The number of nitrogens with one attached hydrogen (secondary N) is 7. The first kappa shape index (κ1) is 69.8. The molecule has 9 aliphatic heterocycles. The highest BCUT2D eigenvalue weighted by Gasteiger charge is 2.51. The molecule has 101 heavy (non-hydrogen) atoms. The summed E-state index contributed by atoms with van der Waals surface area (Å²) < 4.78 is 190. The van der Waals surface area contributed by atoms with E-state index in [0.717, 1.165) is 47.5 Å². The van der Waals surface area contributed by atoms with Crippen LogP contribution in [0.3, 0.4) is 0 Å². The zero-order valence-corrected chi connectivity index (χ0v) is 55.7. The van der Waals surface area contributed by atoms with E-state index in [1.165, 1.54) is 36.4 Å². The number of urea groups is 1. The average Bonchev–Trinajstić information content (AvgIpc) is 0.751. The number of benzene rings is 6. The molecule has 0 atom stereocenters. The van der Waals surface area contributed by atoms with Gasteiger partial charge in [-0.15, -0.1) is 0 Å². The molecule has 32 heteroatoms. The maximum absolute atomic E-state index is 13.3. The fourth-order valence-electron chi connectivity index (χ4n) is 14.3. The number of carbonyl (C=O) groups excluding carboxylic acids is 4. The molecule has 21 nitrogen and oxygen atoms in total. The Bertz CT molecular complexity index is 4730. The molecule has 15 rings (SSSR count). The number of rotatable bonds is 6. The van der Waals surface area contributed by atoms with Crippen LogP contribution in [0.15, 0.2) is 127 Å². The lowest BCUT2D eigenvalue weighted by molar-refractivity contribution is -0.138. The number of hydrogen-bond donors (Lipinski definition) is 7. The number of nitrogens with zero attached hydrogens (tertiary/aromatic N) is 3. The molecule has 532 valence electrons. The molecule has 7 N–H and O–H groups in total. The van der Waals surface area contributed by atoms with Crippen LogP contribution >= 0.6 is 0 Å². The van der Waals surface area contributed by atoms with Crippen molar-refractivity contribution < 1.29 is 89.7 Å². The van der Waals surface area contributed by atoms with Gasteiger partial charge in [-0.25, -0.2) is 21.6 Å². The van der Waals surface area contributed by atoms with Crippen LogP contribution in [0.4, 0.5) is 78.4 Å². The summed E-state index contributed by atoms with van der Waals surface area (Å²) in [6, 6.07) is 24.8. The third-order valence-corrected chi connectivity index (χ3v) is 21.0. The van der Waals surface area contributed by atoms with Crippen molar-refractivity contribution >= 4 is 94.6 Å². The molecular weight excluding hydrogens is 1380 g/mol. The smallest absolute Gasteiger partial charge is 0.416 e. The van der Waals surface area contributed by atoms with Crippen LogP contribution in [-0.2, 0) is 72.3 Å². The van der Waals surface area contributed by atoms with Crippen LogP contribution in [0.2, 0.25) is 0 Å². The first-order valence-corrected chi connectivity index (χ1v) is 35.0. The molecule has 0 aliphatic carbocycles. The fourth-order valence-corrected chi connectivity index (χ4v) is 16.5. The summed E-state index contributed by atoms with van der Waals surface area (Å²) in [6.07, 6.45) is -7.50. The van der Waals surface area contributed by atoms with Crippen molar-refractivity contribution in [3.8, 4) is 17.2 Å². The van der Waals surface area contributed by atoms with Crippen LogP contribution < -0.4 is 50.2 Å². The number of ether oxygens (including phenoxy) is 3. The molecule has 9 heterocycles. The molecule has 5 amide bonds.